The summed E-state index contributed by atoms with van der Waals surface area (Å²) >= 11 is 0. The Kier molecular flexibility index (Phi) is 4.55. The molecule has 2 amide bonds. The van der Waals surface area contributed by atoms with Crippen LogP contribution in [0.2, 0.25) is 0 Å². The molecule has 6 heteroatoms. The predicted octanol–water partition coefficient (Wildman–Crippen LogP) is 2.14. The van der Waals surface area contributed by atoms with E-state index in [2.05, 4.69) is 5.32 Å². The van der Waals surface area contributed by atoms with E-state index < -0.39 is 6.10 Å². The number of furan rings is 1. The number of fused-ring (bicyclic) bond motifs is 1. The maximum absolute atomic E-state index is 12.4. The van der Waals surface area contributed by atoms with Crippen molar-refractivity contribution in [3.8, 4) is 5.75 Å². The van der Waals surface area contributed by atoms with E-state index in [-0.39, 0.29) is 24.4 Å². The number of anilines is 1. The zero-order chi connectivity index (χ0) is 17.1. The number of nitrogens with one attached hydrogen (secondary N) is 1. The van der Waals surface area contributed by atoms with Crippen molar-refractivity contribution in [3.63, 3.8) is 0 Å². The molecule has 0 bridgehead atoms. The fraction of sp³-hybridized carbons (Fsp3) is 0.333. The van der Waals surface area contributed by atoms with Crippen molar-refractivity contribution < 1.29 is 18.7 Å². The Hall–Kier alpha value is -2.76. The largest absolute Gasteiger partial charge is 0.479 e. The van der Waals surface area contributed by atoms with Gasteiger partial charge in [-0.2, -0.15) is 0 Å². The average Bonchev–Trinajstić information content (AvgIpc) is 3.04. The van der Waals surface area contributed by atoms with E-state index in [0.717, 1.165) is 5.76 Å². The first-order chi connectivity index (χ1) is 11.5. The fourth-order valence-electron chi connectivity index (χ4n) is 2.77. The minimum Gasteiger partial charge on any atom is -0.479 e. The molecule has 2 aromatic rings. The van der Waals surface area contributed by atoms with Gasteiger partial charge in [0.15, 0.2) is 6.10 Å². The van der Waals surface area contributed by atoms with Gasteiger partial charge < -0.3 is 14.5 Å². The van der Waals surface area contributed by atoms with Crippen LogP contribution in [0.1, 0.15) is 19.6 Å². The smallest absolute Gasteiger partial charge is 0.268 e. The van der Waals surface area contributed by atoms with Gasteiger partial charge in [-0.3, -0.25) is 14.5 Å². The van der Waals surface area contributed by atoms with Gasteiger partial charge in [0, 0.05) is 12.5 Å². The van der Waals surface area contributed by atoms with E-state index in [1.165, 1.54) is 4.90 Å². The van der Waals surface area contributed by atoms with Gasteiger partial charge in [-0.05, 0) is 38.1 Å². The van der Waals surface area contributed by atoms with Crippen LogP contribution in [-0.2, 0) is 16.0 Å². The number of hydrogen-bond donors (Lipinski definition) is 1. The van der Waals surface area contributed by atoms with Crippen molar-refractivity contribution in [2.45, 2.75) is 32.4 Å². The predicted molar refractivity (Wildman–Crippen MR) is 88.9 cm³/mol. The number of ether oxygens (including phenoxy) is 1. The van der Waals surface area contributed by atoms with Crippen molar-refractivity contribution in [1.82, 2.24) is 5.32 Å². The molecule has 0 saturated carbocycles. The molecule has 0 fully saturated rings. The van der Waals surface area contributed by atoms with Crippen LogP contribution < -0.4 is 15.0 Å². The van der Waals surface area contributed by atoms with E-state index in [9.17, 15) is 9.59 Å². The molecular weight excluding hydrogens is 308 g/mol. The molecule has 126 valence electrons. The first kappa shape index (κ1) is 16.1. The third-order valence-electron chi connectivity index (χ3n) is 3.87. The summed E-state index contributed by atoms with van der Waals surface area (Å²) in [6.45, 7) is 3.55. The Bertz CT molecular complexity index is 726. The molecular formula is C18H20N2O4. The Morgan fingerprint density at radius 2 is 2.08 bits per heavy atom. The van der Waals surface area contributed by atoms with Crippen LogP contribution in [0, 0.1) is 0 Å². The molecule has 3 rings (SSSR count). The molecule has 0 spiro atoms. The van der Waals surface area contributed by atoms with Gasteiger partial charge in [-0.25, -0.2) is 0 Å². The van der Waals surface area contributed by atoms with Crippen LogP contribution in [0.3, 0.4) is 0 Å². The number of carbonyl (C=O) groups is 2. The summed E-state index contributed by atoms with van der Waals surface area (Å²) in [5, 5.41) is 2.90. The quantitative estimate of drug-likeness (QED) is 0.913. The Morgan fingerprint density at radius 1 is 1.29 bits per heavy atom. The normalized spacial score (nSPS) is 17.8. The Balaban J connectivity index is 1.66. The Morgan fingerprint density at radius 3 is 2.83 bits per heavy atom. The standard InChI is InChI=1S/C18H20N2O4/c1-12(10-14-6-5-9-23-14)19-17(21)11-20-15-7-3-4-8-16(15)24-13(2)18(20)22/h3-9,12-13H,10-11H2,1-2H3,(H,19,21)/t12-,13+/m0/s1. The van der Waals surface area contributed by atoms with E-state index in [4.69, 9.17) is 9.15 Å². The van der Waals surface area contributed by atoms with Gasteiger partial charge in [0.05, 0.1) is 12.0 Å². The number of amides is 2. The first-order valence-corrected chi connectivity index (χ1v) is 7.93. The number of nitrogens with zero attached hydrogens (tertiary/aromatic N) is 1. The van der Waals surface area contributed by atoms with Gasteiger partial charge in [0.1, 0.15) is 18.1 Å². The second-order valence-corrected chi connectivity index (χ2v) is 5.90. The highest BCUT2D eigenvalue weighted by Crippen LogP contribution is 2.33. The number of hydrogen-bond acceptors (Lipinski definition) is 4. The monoisotopic (exact) mass is 328 g/mol. The van der Waals surface area contributed by atoms with Crippen LogP contribution in [0.4, 0.5) is 5.69 Å². The lowest BCUT2D eigenvalue weighted by atomic mass is 10.1. The van der Waals surface area contributed by atoms with E-state index in [1.807, 2.05) is 31.2 Å². The molecule has 0 unspecified atom stereocenters. The van der Waals surface area contributed by atoms with Crippen LogP contribution in [-0.4, -0.2) is 30.5 Å². The second kappa shape index (κ2) is 6.78. The van der Waals surface area contributed by atoms with E-state index >= 15 is 0 Å². The minimum atomic E-state index is -0.603. The highest BCUT2D eigenvalue weighted by Gasteiger charge is 2.32. The maximum Gasteiger partial charge on any atom is 0.268 e. The van der Waals surface area contributed by atoms with Gasteiger partial charge in [0.2, 0.25) is 5.91 Å². The van der Waals surface area contributed by atoms with Gasteiger partial charge in [0.25, 0.3) is 5.91 Å². The van der Waals surface area contributed by atoms with E-state index in [0.29, 0.717) is 17.9 Å². The molecule has 0 radical (unpaired) electrons. The number of para-hydroxylation sites is 2. The Labute approximate surface area is 140 Å². The lowest BCUT2D eigenvalue weighted by Crippen LogP contribution is -2.50. The van der Waals surface area contributed by atoms with Gasteiger partial charge >= 0.3 is 0 Å². The van der Waals surface area contributed by atoms with Crippen LogP contribution >= 0.6 is 0 Å². The molecule has 24 heavy (non-hydrogen) atoms. The van der Waals surface area contributed by atoms with Gasteiger partial charge in [-0.15, -0.1) is 0 Å². The van der Waals surface area contributed by atoms with Crippen LogP contribution in [0.25, 0.3) is 0 Å². The summed E-state index contributed by atoms with van der Waals surface area (Å²) in [7, 11) is 0. The van der Waals surface area contributed by atoms with Crippen LogP contribution in [0.15, 0.2) is 47.1 Å². The lowest BCUT2D eigenvalue weighted by Gasteiger charge is -2.32. The molecule has 1 aliphatic heterocycles. The highest BCUT2D eigenvalue weighted by molar-refractivity contribution is 6.03. The SMILES string of the molecule is C[C@@H](Cc1ccco1)NC(=O)CN1C(=O)[C@@H](C)Oc2ccccc21. The molecule has 2 atom stereocenters. The summed E-state index contributed by atoms with van der Waals surface area (Å²) < 4.78 is 10.9. The minimum absolute atomic E-state index is 0.0357. The first-order valence-electron chi connectivity index (χ1n) is 7.93. The molecule has 6 nitrogen and oxygen atoms in total. The number of rotatable bonds is 5. The fourth-order valence-corrected chi connectivity index (χ4v) is 2.77. The van der Waals surface area contributed by atoms with Crippen LogP contribution in [0.5, 0.6) is 5.75 Å². The topological polar surface area (TPSA) is 71.8 Å². The van der Waals surface area contributed by atoms with Crippen molar-refractivity contribution in [1.29, 1.82) is 0 Å². The third-order valence-corrected chi connectivity index (χ3v) is 3.87. The summed E-state index contributed by atoms with van der Waals surface area (Å²) in [6.07, 6.45) is 1.60. The molecule has 0 saturated heterocycles. The summed E-state index contributed by atoms with van der Waals surface area (Å²) in [5.41, 5.74) is 0.620. The zero-order valence-electron chi connectivity index (χ0n) is 13.7. The second-order valence-electron chi connectivity index (χ2n) is 5.90. The maximum atomic E-state index is 12.4. The van der Waals surface area contributed by atoms with Crippen molar-refractivity contribution in [2.75, 3.05) is 11.4 Å². The summed E-state index contributed by atoms with van der Waals surface area (Å²) in [5.74, 6) is 0.985. The molecule has 1 N–H and O–H groups in total. The third kappa shape index (κ3) is 3.42. The van der Waals surface area contributed by atoms with Crippen molar-refractivity contribution in [3.05, 3.63) is 48.4 Å². The summed E-state index contributed by atoms with van der Waals surface area (Å²) in [4.78, 5) is 26.2. The molecule has 1 aromatic heterocycles. The van der Waals surface area contributed by atoms with Gasteiger partial charge in [-0.1, -0.05) is 12.1 Å². The number of carbonyl (C=O) groups excluding carboxylic acids is 2. The zero-order valence-corrected chi connectivity index (χ0v) is 13.7. The highest BCUT2D eigenvalue weighted by atomic mass is 16.5. The summed E-state index contributed by atoms with van der Waals surface area (Å²) in [6, 6.07) is 10.8. The molecule has 1 aromatic carbocycles. The average molecular weight is 328 g/mol. The molecule has 1 aliphatic rings. The van der Waals surface area contributed by atoms with Crippen molar-refractivity contribution in [2.24, 2.45) is 0 Å². The lowest BCUT2D eigenvalue weighted by molar-refractivity contribution is -0.128. The van der Waals surface area contributed by atoms with E-state index in [1.54, 1.807) is 25.3 Å². The molecule has 2 heterocycles. The number of benzene rings is 1. The molecule has 0 aliphatic carbocycles. The van der Waals surface area contributed by atoms with Crippen molar-refractivity contribution >= 4 is 17.5 Å².